The third-order valence-electron chi connectivity index (χ3n) is 5.58. The van der Waals surface area contributed by atoms with Crippen LogP contribution in [0.3, 0.4) is 0 Å². The van der Waals surface area contributed by atoms with Crippen molar-refractivity contribution >= 4 is 29.1 Å². The van der Waals surface area contributed by atoms with Gasteiger partial charge in [0.25, 0.3) is 0 Å². The lowest BCUT2D eigenvalue weighted by atomic mass is 9.92. The highest BCUT2D eigenvalue weighted by Gasteiger charge is 2.26. The van der Waals surface area contributed by atoms with Crippen LogP contribution in [-0.4, -0.2) is 25.3 Å². The van der Waals surface area contributed by atoms with Crippen LogP contribution in [0.5, 0.6) is 11.5 Å². The molecule has 1 saturated carbocycles. The lowest BCUT2D eigenvalue weighted by molar-refractivity contribution is 0.467. The fourth-order valence-corrected chi connectivity index (χ4v) is 3.68. The number of halogens is 1. The molecule has 1 fully saturated rings. The molecule has 0 bridgehead atoms. The molecule has 1 aliphatic carbocycles. The van der Waals surface area contributed by atoms with E-state index >= 15 is 0 Å². The van der Waals surface area contributed by atoms with Crippen molar-refractivity contribution in [2.75, 3.05) is 11.9 Å². The summed E-state index contributed by atoms with van der Waals surface area (Å²) in [5, 5.41) is 0.690. The van der Waals surface area contributed by atoms with Crippen molar-refractivity contribution in [1.29, 1.82) is 0 Å². The fraction of sp³-hybridized carbons (Fsp3) is 0.348. The Morgan fingerprint density at radius 3 is 2.61 bits per heavy atom. The van der Waals surface area contributed by atoms with Crippen molar-refractivity contribution in [1.82, 2.24) is 0 Å². The predicted octanol–water partition coefficient (Wildman–Crippen LogP) is 5.44. The van der Waals surface area contributed by atoms with E-state index in [0.29, 0.717) is 17.1 Å². The molecule has 0 spiro atoms. The van der Waals surface area contributed by atoms with Gasteiger partial charge >= 0.3 is 0 Å². The number of fused-ring (bicyclic) bond motifs is 1. The van der Waals surface area contributed by atoms with E-state index in [1.807, 2.05) is 30.5 Å². The number of nitrogens with two attached hydrogens (primary N) is 1. The highest BCUT2D eigenvalue weighted by atomic mass is 35.5. The molecule has 0 radical (unpaired) electrons. The first kappa shape index (κ1) is 18.9. The average Bonchev–Trinajstić information content (AvgIpc) is 3.52. The molecule has 1 heterocycles. The van der Waals surface area contributed by atoms with Crippen LogP contribution in [0.4, 0.5) is 5.69 Å². The van der Waals surface area contributed by atoms with E-state index in [2.05, 4.69) is 36.0 Å². The first-order chi connectivity index (χ1) is 13.6. The Hall–Kier alpha value is -2.46. The third kappa shape index (κ3) is 3.88. The van der Waals surface area contributed by atoms with Crippen molar-refractivity contribution in [3.8, 4) is 11.5 Å². The average molecular weight is 396 g/mol. The van der Waals surface area contributed by atoms with Crippen molar-refractivity contribution in [3.05, 3.63) is 58.7 Å². The topological polar surface area (TPSA) is 50.9 Å². The second kappa shape index (κ2) is 7.88. The minimum atomic E-state index is 0.445. The van der Waals surface area contributed by atoms with Gasteiger partial charge in [0.05, 0.1) is 6.04 Å². The molecule has 2 aliphatic rings. The van der Waals surface area contributed by atoms with E-state index in [1.54, 1.807) is 6.20 Å². The summed E-state index contributed by atoms with van der Waals surface area (Å²) >= 11 is 6.04. The summed E-state index contributed by atoms with van der Waals surface area (Å²) in [4.78, 5) is 6.95. The second-order valence-electron chi connectivity index (χ2n) is 7.63. The quantitative estimate of drug-likeness (QED) is 0.686. The van der Waals surface area contributed by atoms with Crippen LogP contribution < -0.4 is 15.4 Å². The molecule has 0 saturated heterocycles. The zero-order chi connectivity index (χ0) is 19.7. The van der Waals surface area contributed by atoms with E-state index in [4.69, 9.17) is 22.1 Å². The summed E-state index contributed by atoms with van der Waals surface area (Å²) < 4.78 is 6.41. The summed E-state index contributed by atoms with van der Waals surface area (Å²) in [5.41, 5.74) is 10.3. The molecule has 0 amide bonds. The van der Waals surface area contributed by atoms with Crippen LogP contribution >= 0.6 is 11.6 Å². The molecular weight excluding hydrogens is 370 g/mol. The van der Waals surface area contributed by atoms with Gasteiger partial charge in [0.1, 0.15) is 11.5 Å². The van der Waals surface area contributed by atoms with Crippen LogP contribution in [0, 0.1) is 0 Å². The number of anilines is 1. The van der Waals surface area contributed by atoms with Gasteiger partial charge in [-0.25, -0.2) is 0 Å². The fourth-order valence-electron chi connectivity index (χ4n) is 3.55. The zero-order valence-electron chi connectivity index (χ0n) is 16.4. The minimum Gasteiger partial charge on any atom is -0.456 e. The Kier molecular flexibility index (Phi) is 5.31. The van der Waals surface area contributed by atoms with E-state index in [9.17, 15) is 0 Å². The molecule has 2 aromatic rings. The van der Waals surface area contributed by atoms with E-state index in [-0.39, 0.29) is 0 Å². The maximum absolute atomic E-state index is 6.41. The van der Waals surface area contributed by atoms with Gasteiger partial charge in [-0.05, 0) is 69.0 Å². The standard InChI is InChI=1S/C23H26ClN3O/c1-15-3-10-21-22(27(15)2)12-11-20(16(13-25)14-26-18-6-7-18)23(21)28-19-8-4-17(24)5-9-19/h4-5,8-9,11-15,18H,3,6-7,10,25H2,1-2H3. The second-order valence-corrected chi connectivity index (χ2v) is 8.06. The van der Waals surface area contributed by atoms with E-state index in [0.717, 1.165) is 48.3 Å². The van der Waals surface area contributed by atoms with Crippen LogP contribution in [0.25, 0.3) is 5.57 Å². The summed E-state index contributed by atoms with van der Waals surface area (Å²) in [6.07, 6.45) is 7.89. The first-order valence-corrected chi connectivity index (χ1v) is 10.2. The normalized spacial score (nSPS) is 19.8. The number of allylic oxidation sites excluding steroid dienone is 1. The van der Waals surface area contributed by atoms with Gasteiger partial charge in [-0.15, -0.1) is 0 Å². The summed E-state index contributed by atoms with van der Waals surface area (Å²) in [6.45, 7) is 2.25. The Balaban J connectivity index is 1.79. The van der Waals surface area contributed by atoms with Gasteiger partial charge in [-0.3, -0.25) is 4.99 Å². The molecule has 2 aromatic carbocycles. The van der Waals surface area contributed by atoms with Crippen molar-refractivity contribution in [2.45, 2.75) is 44.7 Å². The molecule has 1 unspecified atom stereocenters. The molecule has 4 nitrogen and oxygen atoms in total. The molecule has 0 aromatic heterocycles. The number of hydrogen-bond donors (Lipinski definition) is 1. The van der Waals surface area contributed by atoms with Crippen molar-refractivity contribution in [3.63, 3.8) is 0 Å². The van der Waals surface area contributed by atoms with Crippen molar-refractivity contribution in [2.24, 2.45) is 10.7 Å². The Bertz CT molecular complexity index is 916. The lowest BCUT2D eigenvalue weighted by Gasteiger charge is -2.35. The third-order valence-corrected chi connectivity index (χ3v) is 5.84. The molecule has 5 heteroatoms. The molecule has 146 valence electrons. The molecule has 4 rings (SSSR count). The van der Waals surface area contributed by atoms with Gasteiger partial charge in [0.2, 0.25) is 0 Å². The predicted molar refractivity (Wildman–Crippen MR) is 118 cm³/mol. The summed E-state index contributed by atoms with van der Waals surface area (Å²) in [7, 11) is 2.14. The summed E-state index contributed by atoms with van der Waals surface area (Å²) in [6, 6.07) is 12.7. The zero-order valence-corrected chi connectivity index (χ0v) is 17.1. The smallest absolute Gasteiger partial charge is 0.140 e. The number of hydrogen-bond acceptors (Lipinski definition) is 4. The largest absolute Gasteiger partial charge is 0.456 e. The minimum absolute atomic E-state index is 0.445. The SMILES string of the molecule is CC1CCc2c(ccc(C(C=NC3CC3)=CN)c2Oc2ccc(Cl)cc2)N1C. The molecule has 1 atom stereocenters. The lowest BCUT2D eigenvalue weighted by Crippen LogP contribution is -2.33. The number of ether oxygens (including phenoxy) is 1. The maximum atomic E-state index is 6.41. The highest BCUT2D eigenvalue weighted by molar-refractivity contribution is 6.30. The highest BCUT2D eigenvalue weighted by Crippen LogP contribution is 2.42. The van der Waals surface area contributed by atoms with E-state index in [1.165, 1.54) is 11.3 Å². The maximum Gasteiger partial charge on any atom is 0.140 e. The van der Waals surface area contributed by atoms with Gasteiger partial charge in [0.15, 0.2) is 0 Å². The summed E-state index contributed by atoms with van der Waals surface area (Å²) in [5.74, 6) is 1.62. The Labute approximate surface area is 171 Å². The van der Waals surface area contributed by atoms with Crippen LogP contribution in [0.1, 0.15) is 37.3 Å². The van der Waals surface area contributed by atoms with Crippen molar-refractivity contribution < 1.29 is 4.74 Å². The Morgan fingerprint density at radius 2 is 1.93 bits per heavy atom. The monoisotopic (exact) mass is 395 g/mol. The molecule has 28 heavy (non-hydrogen) atoms. The van der Waals surface area contributed by atoms with Crippen LogP contribution in [0.2, 0.25) is 5.02 Å². The number of rotatable bonds is 5. The van der Waals surface area contributed by atoms with Gasteiger partial charge < -0.3 is 15.4 Å². The molecule has 1 aliphatic heterocycles. The Morgan fingerprint density at radius 1 is 1.18 bits per heavy atom. The number of benzene rings is 2. The molecule has 2 N–H and O–H groups in total. The number of aliphatic imine (C=N–C) groups is 1. The van der Waals surface area contributed by atoms with Crippen LogP contribution in [0.15, 0.2) is 47.6 Å². The first-order valence-electron chi connectivity index (χ1n) is 9.84. The number of nitrogens with zero attached hydrogens (tertiary/aromatic N) is 2. The van der Waals surface area contributed by atoms with Crippen LogP contribution in [-0.2, 0) is 6.42 Å². The van der Waals surface area contributed by atoms with Gasteiger partial charge in [-0.1, -0.05) is 11.6 Å². The van der Waals surface area contributed by atoms with Gasteiger partial charge in [0, 0.05) is 52.9 Å². The molecular formula is C23H26ClN3O. The van der Waals surface area contributed by atoms with E-state index < -0.39 is 0 Å². The van der Waals surface area contributed by atoms with Gasteiger partial charge in [-0.2, -0.15) is 0 Å².